The van der Waals surface area contributed by atoms with Crippen LogP contribution in [-0.2, 0) is 5.41 Å². The summed E-state index contributed by atoms with van der Waals surface area (Å²) in [4.78, 5) is 2.49. The Balaban J connectivity index is 1.18. The van der Waals surface area contributed by atoms with Gasteiger partial charge in [-0.25, -0.2) is 0 Å². The zero-order valence-corrected chi connectivity index (χ0v) is 24.4. The summed E-state index contributed by atoms with van der Waals surface area (Å²) in [6.07, 6.45) is 7.12. The summed E-state index contributed by atoms with van der Waals surface area (Å²) in [6, 6.07) is 48.1. The van der Waals surface area contributed by atoms with Crippen molar-refractivity contribution in [3.8, 4) is 11.1 Å². The van der Waals surface area contributed by atoms with E-state index >= 15 is 0 Å². The number of hydrogen-bond acceptors (Lipinski definition) is 1. The summed E-state index contributed by atoms with van der Waals surface area (Å²) < 4.78 is 0. The molecule has 0 aromatic heterocycles. The predicted octanol–water partition coefficient (Wildman–Crippen LogP) is 11.2. The van der Waals surface area contributed by atoms with Crippen LogP contribution in [0.25, 0.3) is 32.7 Å². The second kappa shape index (κ2) is 8.83. The average molecular weight is 554 g/mol. The van der Waals surface area contributed by atoms with Gasteiger partial charge < -0.3 is 4.90 Å². The second-order valence-electron chi connectivity index (χ2n) is 13.8. The van der Waals surface area contributed by atoms with Crippen LogP contribution in [0.4, 0.5) is 17.1 Å². The van der Waals surface area contributed by atoms with Crippen molar-refractivity contribution in [2.45, 2.75) is 37.5 Å². The van der Waals surface area contributed by atoms with Gasteiger partial charge in [0.15, 0.2) is 0 Å². The highest BCUT2D eigenvalue weighted by molar-refractivity contribution is 6.08. The molecule has 6 aromatic rings. The van der Waals surface area contributed by atoms with E-state index in [4.69, 9.17) is 0 Å². The Morgan fingerprint density at radius 2 is 1.07 bits per heavy atom. The van der Waals surface area contributed by atoms with Crippen LogP contribution in [0.15, 0.2) is 127 Å². The van der Waals surface area contributed by atoms with Gasteiger partial charge in [0.1, 0.15) is 0 Å². The van der Waals surface area contributed by atoms with E-state index in [-0.39, 0.29) is 5.41 Å². The minimum absolute atomic E-state index is 0.167. The molecule has 1 spiro atoms. The number of benzene rings is 6. The molecule has 0 radical (unpaired) electrons. The first-order valence-corrected chi connectivity index (χ1v) is 16.3. The molecule has 0 amide bonds. The zero-order chi connectivity index (χ0) is 28.1. The van der Waals surface area contributed by atoms with E-state index in [1.54, 1.807) is 11.1 Å². The third-order valence-corrected chi connectivity index (χ3v) is 11.8. The van der Waals surface area contributed by atoms with Gasteiger partial charge in [0.25, 0.3) is 0 Å². The second-order valence-corrected chi connectivity index (χ2v) is 13.8. The van der Waals surface area contributed by atoms with Gasteiger partial charge in [-0.1, -0.05) is 91.0 Å². The molecule has 0 heterocycles. The first kappa shape index (κ1) is 24.1. The molecule has 0 atom stereocenters. The molecule has 5 aliphatic carbocycles. The highest BCUT2D eigenvalue weighted by Gasteiger charge is 2.61. The van der Waals surface area contributed by atoms with Crippen LogP contribution in [-0.4, -0.2) is 0 Å². The first-order valence-electron chi connectivity index (χ1n) is 16.3. The predicted molar refractivity (Wildman–Crippen MR) is 179 cm³/mol. The Morgan fingerprint density at radius 3 is 1.91 bits per heavy atom. The fraction of sp³-hybridized carbons (Fsp3) is 0.238. The molecule has 4 fully saturated rings. The van der Waals surface area contributed by atoms with Gasteiger partial charge in [-0.3, -0.25) is 0 Å². The lowest BCUT2D eigenvalue weighted by Gasteiger charge is -2.61. The Hall–Kier alpha value is -4.36. The highest BCUT2D eigenvalue weighted by Crippen LogP contribution is 2.69. The molecule has 4 bridgehead atoms. The smallest absolute Gasteiger partial charge is 0.0468 e. The summed E-state index contributed by atoms with van der Waals surface area (Å²) in [5.74, 6) is 3.42. The van der Waals surface area contributed by atoms with Gasteiger partial charge in [-0.2, -0.15) is 0 Å². The van der Waals surface area contributed by atoms with Gasteiger partial charge >= 0.3 is 0 Å². The van der Waals surface area contributed by atoms with Crippen molar-refractivity contribution in [1.82, 2.24) is 0 Å². The average Bonchev–Trinajstić information content (AvgIpc) is 3.34. The zero-order valence-electron chi connectivity index (χ0n) is 24.4. The lowest BCUT2D eigenvalue weighted by Crippen LogP contribution is -2.55. The number of anilines is 3. The lowest BCUT2D eigenvalue weighted by molar-refractivity contribution is -0.0399. The number of rotatable bonds is 3. The summed E-state index contributed by atoms with van der Waals surface area (Å²) in [7, 11) is 0. The maximum atomic E-state index is 2.61. The minimum Gasteiger partial charge on any atom is -0.310 e. The molecule has 11 rings (SSSR count). The Kier molecular flexibility index (Phi) is 4.95. The van der Waals surface area contributed by atoms with Crippen LogP contribution >= 0.6 is 0 Å². The van der Waals surface area contributed by atoms with E-state index in [0.717, 1.165) is 23.7 Å². The molecular weight excluding hydrogens is 518 g/mol. The maximum absolute atomic E-state index is 2.61. The van der Waals surface area contributed by atoms with Gasteiger partial charge in [-0.15, -0.1) is 0 Å². The SMILES string of the molecule is c1ccc(N(c2ccc3c(c2)C2(c4ccccc4-3)C3CC4CC(C3)CC2C4)c2ccc3c(ccc4ccccc43)c2)cc1. The molecule has 1 nitrogen and oxygen atoms in total. The third kappa shape index (κ3) is 3.29. The van der Waals surface area contributed by atoms with Gasteiger partial charge in [-0.05, 0) is 136 Å². The molecule has 1 heteroatoms. The Morgan fingerprint density at radius 1 is 0.442 bits per heavy atom. The van der Waals surface area contributed by atoms with Gasteiger partial charge in [0.2, 0.25) is 0 Å². The summed E-state index contributed by atoms with van der Waals surface area (Å²) in [5.41, 5.74) is 10.0. The van der Waals surface area contributed by atoms with E-state index < -0.39 is 0 Å². The van der Waals surface area contributed by atoms with Crippen LogP contribution in [0.5, 0.6) is 0 Å². The molecule has 43 heavy (non-hydrogen) atoms. The first-order chi connectivity index (χ1) is 21.3. The van der Waals surface area contributed by atoms with Crippen LogP contribution in [0.3, 0.4) is 0 Å². The van der Waals surface area contributed by atoms with Crippen molar-refractivity contribution in [3.05, 3.63) is 139 Å². The molecule has 6 aromatic carbocycles. The molecule has 0 N–H and O–H groups in total. The Labute approximate surface area is 253 Å². The Bertz CT molecular complexity index is 2030. The number of fused-ring (bicyclic) bond motifs is 6. The summed E-state index contributed by atoms with van der Waals surface area (Å²) in [6.45, 7) is 0. The van der Waals surface area contributed by atoms with E-state index in [2.05, 4.69) is 132 Å². The molecule has 0 unspecified atom stereocenters. The van der Waals surface area contributed by atoms with E-state index in [0.29, 0.717) is 0 Å². The van der Waals surface area contributed by atoms with Gasteiger partial charge in [0.05, 0.1) is 0 Å². The van der Waals surface area contributed by atoms with Crippen LogP contribution in [0, 0.1) is 23.7 Å². The van der Waals surface area contributed by atoms with Crippen LogP contribution < -0.4 is 4.90 Å². The van der Waals surface area contributed by atoms with E-state index in [1.165, 1.54) is 81.8 Å². The monoisotopic (exact) mass is 553 g/mol. The molecule has 0 aliphatic heterocycles. The molecule has 4 saturated carbocycles. The summed E-state index contributed by atoms with van der Waals surface area (Å²) >= 11 is 0. The van der Waals surface area contributed by atoms with E-state index in [1.807, 2.05) is 0 Å². The topological polar surface area (TPSA) is 3.24 Å². The molecular formula is C42H35N. The molecule has 0 saturated heterocycles. The minimum atomic E-state index is 0.167. The molecule has 208 valence electrons. The van der Waals surface area contributed by atoms with Crippen molar-refractivity contribution in [2.75, 3.05) is 4.90 Å². The van der Waals surface area contributed by atoms with Crippen molar-refractivity contribution in [3.63, 3.8) is 0 Å². The largest absolute Gasteiger partial charge is 0.310 e. The fourth-order valence-corrected chi connectivity index (χ4v) is 10.4. The third-order valence-electron chi connectivity index (χ3n) is 11.8. The van der Waals surface area contributed by atoms with E-state index in [9.17, 15) is 0 Å². The van der Waals surface area contributed by atoms with Crippen molar-refractivity contribution in [1.29, 1.82) is 0 Å². The number of nitrogens with zero attached hydrogens (tertiary/aromatic N) is 1. The summed E-state index contributed by atoms with van der Waals surface area (Å²) in [5, 5.41) is 5.20. The standard InChI is InChI=1S/C42H35N/c1-2-9-33(10-3-1)43(34-16-18-37-30(25-34)15-14-29-8-4-5-11-36(29)37)35-17-19-39-38-12-6-7-13-40(38)42(41(39)26-35)31-21-27-20-28(23-31)24-32(42)22-27/h1-19,25-28,31-32H,20-24H2. The number of para-hydroxylation sites is 1. The van der Waals surface area contributed by atoms with Crippen LogP contribution in [0.2, 0.25) is 0 Å². The van der Waals surface area contributed by atoms with Crippen molar-refractivity contribution >= 4 is 38.6 Å². The molecule has 5 aliphatic rings. The highest BCUT2D eigenvalue weighted by atomic mass is 15.1. The fourth-order valence-electron chi connectivity index (χ4n) is 10.4. The number of hydrogen-bond donors (Lipinski definition) is 0. The maximum Gasteiger partial charge on any atom is 0.0468 e. The normalized spacial score (nSPS) is 26.2. The van der Waals surface area contributed by atoms with Crippen molar-refractivity contribution in [2.24, 2.45) is 23.7 Å². The quantitative estimate of drug-likeness (QED) is 0.197. The van der Waals surface area contributed by atoms with Crippen LogP contribution in [0.1, 0.15) is 43.2 Å². The van der Waals surface area contributed by atoms with Gasteiger partial charge in [0, 0.05) is 22.5 Å². The lowest BCUT2D eigenvalue weighted by atomic mass is 9.43. The van der Waals surface area contributed by atoms with Crippen molar-refractivity contribution < 1.29 is 0 Å².